The molecule has 0 radical (unpaired) electrons. The van der Waals surface area contributed by atoms with E-state index in [0.717, 1.165) is 47.2 Å². The highest BCUT2D eigenvalue weighted by Gasteiger charge is 2.20. The minimum atomic E-state index is -0.459. The van der Waals surface area contributed by atoms with Crippen molar-refractivity contribution in [2.75, 3.05) is 12.3 Å². The minimum Gasteiger partial charge on any atom is -0.489 e. The van der Waals surface area contributed by atoms with Crippen molar-refractivity contribution in [3.63, 3.8) is 0 Å². The Labute approximate surface area is 224 Å². The summed E-state index contributed by atoms with van der Waals surface area (Å²) in [5, 5.41) is 4.37. The Bertz CT molecular complexity index is 1600. The largest absolute Gasteiger partial charge is 0.489 e. The number of nitrogens with zero attached hydrogens (tertiary/aromatic N) is 5. The second kappa shape index (κ2) is 10.7. The van der Waals surface area contributed by atoms with Crippen LogP contribution in [-0.2, 0) is 13.2 Å². The Hall–Kier alpha value is -4.57. The van der Waals surface area contributed by atoms with E-state index in [9.17, 15) is 4.39 Å². The molecule has 0 spiro atoms. The Morgan fingerprint density at radius 1 is 1.03 bits per heavy atom. The van der Waals surface area contributed by atoms with Crippen molar-refractivity contribution in [2.24, 2.45) is 0 Å². The lowest BCUT2D eigenvalue weighted by Gasteiger charge is -2.11. The molecule has 0 saturated carbocycles. The van der Waals surface area contributed by atoms with Gasteiger partial charge in [-0.05, 0) is 44.0 Å². The van der Waals surface area contributed by atoms with E-state index in [2.05, 4.69) is 36.0 Å². The van der Waals surface area contributed by atoms with Gasteiger partial charge in [-0.1, -0.05) is 12.1 Å². The third kappa shape index (κ3) is 5.51. The van der Waals surface area contributed by atoms with Gasteiger partial charge in [-0.25, -0.2) is 24.3 Å². The summed E-state index contributed by atoms with van der Waals surface area (Å²) in [5.41, 5.74) is 9.80. The molecule has 39 heavy (non-hydrogen) atoms. The van der Waals surface area contributed by atoms with Crippen LogP contribution in [0.5, 0.6) is 17.2 Å². The predicted molar refractivity (Wildman–Crippen MR) is 146 cm³/mol. The number of rotatable bonds is 8. The lowest BCUT2D eigenvalue weighted by molar-refractivity contribution is 0.301. The number of anilines is 1. The summed E-state index contributed by atoms with van der Waals surface area (Å²) in [6.45, 7) is 3.88. The van der Waals surface area contributed by atoms with Crippen molar-refractivity contribution in [2.45, 2.75) is 39.0 Å². The monoisotopic (exact) mass is 525 g/mol. The standard InChI is InChI=1S/C29H28FN7O2/c1-18-33-12-19(13-34-18)16-38-24-9-21(30)10-25(11-24)39-23-6-4-20(5-7-23)26-15-37(14-22-3-2-8-32-22)29-27(26)28(31)35-17-36-29/h4-7,9-13,15,17,22,32H,2-3,8,14,16H2,1H3,(H2,31,35,36)/t22-/m1/s1. The second-order valence-electron chi connectivity index (χ2n) is 9.62. The summed E-state index contributed by atoms with van der Waals surface area (Å²) in [4.78, 5) is 17.0. The Morgan fingerprint density at radius 2 is 1.82 bits per heavy atom. The number of hydrogen-bond donors (Lipinski definition) is 2. The highest BCUT2D eigenvalue weighted by Crippen LogP contribution is 2.35. The van der Waals surface area contributed by atoms with Gasteiger partial charge in [-0.3, -0.25) is 0 Å². The number of halogens is 1. The van der Waals surface area contributed by atoms with Crippen molar-refractivity contribution in [1.82, 2.24) is 29.8 Å². The highest BCUT2D eigenvalue weighted by molar-refractivity contribution is 6.00. The van der Waals surface area contributed by atoms with Crippen LogP contribution in [0.25, 0.3) is 22.2 Å². The first kappa shape index (κ1) is 24.7. The smallest absolute Gasteiger partial charge is 0.146 e. The summed E-state index contributed by atoms with van der Waals surface area (Å²) in [6, 6.07) is 12.3. The molecular weight excluding hydrogens is 497 g/mol. The second-order valence-corrected chi connectivity index (χ2v) is 9.62. The fraction of sp³-hybridized carbons (Fsp3) is 0.241. The van der Waals surface area contributed by atoms with Crippen molar-refractivity contribution in [3.8, 4) is 28.4 Å². The number of ether oxygens (including phenoxy) is 2. The highest BCUT2D eigenvalue weighted by atomic mass is 19.1. The normalized spacial score (nSPS) is 15.1. The molecular formula is C29H28FN7O2. The van der Waals surface area contributed by atoms with Crippen LogP contribution in [-0.4, -0.2) is 37.1 Å². The van der Waals surface area contributed by atoms with Gasteiger partial charge in [-0.15, -0.1) is 0 Å². The summed E-state index contributed by atoms with van der Waals surface area (Å²) in [5.74, 6) is 1.90. The van der Waals surface area contributed by atoms with Crippen LogP contribution in [0.1, 0.15) is 24.2 Å². The SMILES string of the molecule is Cc1ncc(COc2cc(F)cc(Oc3ccc(-c4cn(C[C@H]5CCCN5)c5ncnc(N)c45)cc3)c2)cn1. The molecule has 9 nitrogen and oxygen atoms in total. The first-order valence-corrected chi connectivity index (χ1v) is 12.8. The molecule has 2 aromatic carbocycles. The maximum atomic E-state index is 14.3. The van der Waals surface area contributed by atoms with E-state index >= 15 is 0 Å². The lowest BCUT2D eigenvalue weighted by atomic mass is 10.1. The Balaban J connectivity index is 1.21. The number of aryl methyl sites for hydroxylation is 1. The number of aromatic nitrogens is 5. The number of nitrogen functional groups attached to an aromatic ring is 1. The van der Waals surface area contributed by atoms with Crippen LogP contribution in [0.15, 0.2) is 67.4 Å². The van der Waals surface area contributed by atoms with Crippen LogP contribution in [0.2, 0.25) is 0 Å². The number of nitrogens with one attached hydrogen (secondary N) is 1. The molecule has 0 aliphatic carbocycles. The number of nitrogens with two attached hydrogens (primary N) is 1. The molecule has 10 heteroatoms. The fourth-order valence-electron chi connectivity index (χ4n) is 4.83. The van der Waals surface area contributed by atoms with Crippen molar-refractivity contribution in [1.29, 1.82) is 0 Å². The Kier molecular flexibility index (Phi) is 6.76. The van der Waals surface area contributed by atoms with Crippen LogP contribution < -0.4 is 20.5 Å². The van der Waals surface area contributed by atoms with E-state index < -0.39 is 5.82 Å². The quantitative estimate of drug-likeness (QED) is 0.290. The molecule has 6 rings (SSSR count). The van der Waals surface area contributed by atoms with Gasteiger partial charge in [0.1, 0.15) is 53.3 Å². The zero-order chi connectivity index (χ0) is 26.8. The van der Waals surface area contributed by atoms with E-state index in [-0.39, 0.29) is 6.61 Å². The Morgan fingerprint density at radius 3 is 2.59 bits per heavy atom. The third-order valence-corrected chi connectivity index (χ3v) is 6.75. The number of benzene rings is 2. The van der Waals surface area contributed by atoms with Crippen molar-refractivity contribution in [3.05, 3.63) is 84.6 Å². The molecule has 1 aliphatic heterocycles. The van der Waals surface area contributed by atoms with Crippen LogP contribution >= 0.6 is 0 Å². The first-order valence-electron chi connectivity index (χ1n) is 12.8. The summed E-state index contributed by atoms with van der Waals surface area (Å²) < 4.78 is 28.2. The molecule has 0 bridgehead atoms. The maximum absolute atomic E-state index is 14.3. The molecule has 1 atom stereocenters. The average molecular weight is 526 g/mol. The lowest BCUT2D eigenvalue weighted by Crippen LogP contribution is -2.26. The molecule has 3 aromatic heterocycles. The van der Waals surface area contributed by atoms with Crippen LogP contribution in [0.4, 0.5) is 10.2 Å². The molecule has 4 heterocycles. The molecule has 3 N–H and O–H groups in total. The zero-order valence-electron chi connectivity index (χ0n) is 21.5. The fourth-order valence-corrected chi connectivity index (χ4v) is 4.83. The van der Waals surface area contributed by atoms with E-state index in [0.29, 0.717) is 34.9 Å². The van der Waals surface area contributed by atoms with Gasteiger partial charge in [0.05, 0.1) is 5.39 Å². The van der Waals surface area contributed by atoms with Gasteiger partial charge in [-0.2, -0.15) is 0 Å². The maximum Gasteiger partial charge on any atom is 0.146 e. The molecule has 0 amide bonds. The zero-order valence-corrected chi connectivity index (χ0v) is 21.5. The van der Waals surface area contributed by atoms with Crippen molar-refractivity contribution >= 4 is 16.9 Å². The van der Waals surface area contributed by atoms with Gasteiger partial charge in [0.2, 0.25) is 0 Å². The summed E-state index contributed by atoms with van der Waals surface area (Å²) >= 11 is 0. The van der Waals surface area contributed by atoms with Crippen molar-refractivity contribution < 1.29 is 13.9 Å². The predicted octanol–water partition coefficient (Wildman–Crippen LogP) is 5.04. The minimum absolute atomic E-state index is 0.217. The van der Waals surface area contributed by atoms with Gasteiger partial charge < -0.3 is 25.1 Å². The van der Waals surface area contributed by atoms with Gasteiger partial charge in [0.15, 0.2) is 0 Å². The third-order valence-electron chi connectivity index (χ3n) is 6.75. The van der Waals surface area contributed by atoms with Gasteiger partial charge in [0, 0.05) is 60.5 Å². The number of hydrogen-bond acceptors (Lipinski definition) is 8. The molecule has 1 aliphatic rings. The van der Waals surface area contributed by atoms with E-state index in [4.69, 9.17) is 15.2 Å². The first-order chi connectivity index (χ1) is 19.0. The molecule has 1 saturated heterocycles. The van der Waals surface area contributed by atoms with E-state index in [1.54, 1.807) is 18.5 Å². The van der Waals surface area contributed by atoms with Crippen LogP contribution in [0, 0.1) is 12.7 Å². The van der Waals surface area contributed by atoms with Crippen LogP contribution in [0.3, 0.4) is 0 Å². The van der Waals surface area contributed by atoms with E-state index in [1.165, 1.54) is 24.9 Å². The van der Waals surface area contributed by atoms with Gasteiger partial charge >= 0.3 is 0 Å². The molecule has 0 unspecified atom stereocenters. The molecule has 1 fully saturated rings. The summed E-state index contributed by atoms with van der Waals surface area (Å²) in [6.07, 6.45) is 9.26. The van der Waals surface area contributed by atoms with E-state index in [1.807, 2.05) is 31.2 Å². The molecule has 198 valence electrons. The average Bonchev–Trinajstić information content (AvgIpc) is 3.58. The van der Waals surface area contributed by atoms with Gasteiger partial charge in [0.25, 0.3) is 0 Å². The summed E-state index contributed by atoms with van der Waals surface area (Å²) in [7, 11) is 0. The molecule has 5 aromatic rings. The topological polar surface area (TPSA) is 113 Å². The number of fused-ring (bicyclic) bond motifs is 1.